The fourth-order valence-corrected chi connectivity index (χ4v) is 2.83. The molecule has 0 spiro atoms. The summed E-state index contributed by atoms with van der Waals surface area (Å²) >= 11 is 6.01. The van der Waals surface area contributed by atoms with Crippen molar-refractivity contribution in [2.45, 2.75) is 32.0 Å². The number of hydrogen-bond acceptors (Lipinski definition) is 2. The third kappa shape index (κ3) is 3.20. The van der Waals surface area contributed by atoms with E-state index >= 15 is 0 Å². The molecule has 21 heavy (non-hydrogen) atoms. The lowest BCUT2D eigenvalue weighted by Crippen LogP contribution is -2.09. The van der Waals surface area contributed by atoms with E-state index in [4.69, 9.17) is 16.3 Å². The molecule has 0 radical (unpaired) electrons. The van der Waals surface area contributed by atoms with Crippen molar-refractivity contribution < 1.29 is 14.2 Å². The molecule has 0 heterocycles. The Morgan fingerprint density at radius 1 is 1.24 bits per heavy atom. The smallest absolute Gasteiger partial charge is 0.123 e. The number of rotatable bonds is 3. The Morgan fingerprint density at radius 2 is 2.10 bits per heavy atom. The maximum Gasteiger partial charge on any atom is 0.123 e. The SMILES string of the molecule is O[C@H]1CCCc2ccc(OCc3cc(F)ccc3Cl)cc21. The van der Waals surface area contributed by atoms with Crippen LogP contribution in [0.5, 0.6) is 5.75 Å². The zero-order chi connectivity index (χ0) is 14.8. The molecule has 110 valence electrons. The summed E-state index contributed by atoms with van der Waals surface area (Å²) in [7, 11) is 0. The molecule has 0 saturated carbocycles. The molecule has 2 nitrogen and oxygen atoms in total. The van der Waals surface area contributed by atoms with Crippen molar-refractivity contribution in [1.29, 1.82) is 0 Å². The molecule has 0 amide bonds. The van der Waals surface area contributed by atoms with Crippen LogP contribution in [0.25, 0.3) is 0 Å². The second-order valence-electron chi connectivity index (χ2n) is 5.29. The van der Waals surface area contributed by atoms with Crippen molar-refractivity contribution in [2.75, 3.05) is 0 Å². The number of halogens is 2. The number of fused-ring (bicyclic) bond motifs is 1. The zero-order valence-electron chi connectivity index (χ0n) is 11.5. The second kappa shape index (κ2) is 6.04. The third-order valence-corrected chi connectivity index (χ3v) is 4.17. The van der Waals surface area contributed by atoms with Gasteiger partial charge in [0.1, 0.15) is 18.2 Å². The van der Waals surface area contributed by atoms with Gasteiger partial charge in [-0.15, -0.1) is 0 Å². The number of ether oxygens (including phenoxy) is 1. The van der Waals surface area contributed by atoms with Crippen molar-refractivity contribution in [3.05, 3.63) is 63.9 Å². The minimum absolute atomic E-state index is 0.200. The lowest BCUT2D eigenvalue weighted by molar-refractivity contribution is 0.156. The van der Waals surface area contributed by atoms with Gasteiger partial charge in [0.15, 0.2) is 0 Å². The Labute approximate surface area is 128 Å². The van der Waals surface area contributed by atoms with Gasteiger partial charge >= 0.3 is 0 Å². The Morgan fingerprint density at radius 3 is 2.95 bits per heavy atom. The van der Waals surface area contributed by atoms with Gasteiger partial charge in [-0.25, -0.2) is 4.39 Å². The van der Waals surface area contributed by atoms with Crippen molar-refractivity contribution in [3.8, 4) is 5.75 Å². The lowest BCUT2D eigenvalue weighted by atomic mass is 9.89. The first-order valence-electron chi connectivity index (χ1n) is 7.01. The topological polar surface area (TPSA) is 29.5 Å². The van der Waals surface area contributed by atoms with E-state index in [2.05, 4.69) is 0 Å². The Balaban J connectivity index is 1.76. The Kier molecular flexibility index (Phi) is 4.13. The summed E-state index contributed by atoms with van der Waals surface area (Å²) in [6, 6.07) is 9.94. The van der Waals surface area contributed by atoms with Crippen LogP contribution in [0.2, 0.25) is 5.02 Å². The summed E-state index contributed by atoms with van der Waals surface area (Å²) < 4.78 is 18.9. The minimum atomic E-state index is -0.421. The van der Waals surface area contributed by atoms with E-state index in [1.54, 1.807) is 0 Å². The van der Waals surface area contributed by atoms with Crippen molar-refractivity contribution in [1.82, 2.24) is 0 Å². The first kappa shape index (κ1) is 14.4. The van der Waals surface area contributed by atoms with E-state index < -0.39 is 6.10 Å². The number of aliphatic hydroxyl groups excluding tert-OH is 1. The molecule has 4 heteroatoms. The summed E-state index contributed by atoms with van der Waals surface area (Å²) in [5, 5.41) is 10.5. The molecule has 1 N–H and O–H groups in total. The monoisotopic (exact) mass is 306 g/mol. The first-order valence-corrected chi connectivity index (χ1v) is 7.39. The van der Waals surface area contributed by atoms with Crippen LogP contribution in [0.15, 0.2) is 36.4 Å². The lowest BCUT2D eigenvalue weighted by Gasteiger charge is -2.22. The van der Waals surface area contributed by atoms with Gasteiger partial charge in [0, 0.05) is 10.6 Å². The van der Waals surface area contributed by atoms with Crippen LogP contribution in [0.1, 0.15) is 35.6 Å². The number of benzene rings is 2. The highest BCUT2D eigenvalue weighted by Crippen LogP contribution is 2.32. The molecule has 1 aliphatic carbocycles. The van der Waals surface area contributed by atoms with E-state index in [0.29, 0.717) is 16.3 Å². The summed E-state index contributed by atoms with van der Waals surface area (Å²) in [5.74, 6) is 0.328. The summed E-state index contributed by atoms with van der Waals surface area (Å²) in [4.78, 5) is 0. The number of aryl methyl sites for hydroxylation is 1. The maximum atomic E-state index is 13.2. The van der Waals surface area contributed by atoms with E-state index in [-0.39, 0.29) is 12.4 Å². The molecule has 0 fully saturated rings. The quantitative estimate of drug-likeness (QED) is 0.909. The van der Waals surface area contributed by atoms with E-state index in [1.165, 1.54) is 23.8 Å². The van der Waals surface area contributed by atoms with Gasteiger partial charge in [-0.1, -0.05) is 17.7 Å². The molecule has 2 aromatic carbocycles. The third-order valence-electron chi connectivity index (χ3n) is 3.80. The van der Waals surface area contributed by atoms with Gasteiger partial charge in [0.2, 0.25) is 0 Å². The van der Waals surface area contributed by atoms with Crippen LogP contribution in [0.3, 0.4) is 0 Å². The first-order chi connectivity index (χ1) is 10.1. The second-order valence-corrected chi connectivity index (χ2v) is 5.70. The van der Waals surface area contributed by atoms with E-state index in [1.807, 2.05) is 18.2 Å². The van der Waals surface area contributed by atoms with Gasteiger partial charge in [-0.2, -0.15) is 0 Å². The van der Waals surface area contributed by atoms with Crippen LogP contribution in [0, 0.1) is 5.82 Å². The van der Waals surface area contributed by atoms with Gasteiger partial charge in [0.05, 0.1) is 6.10 Å². The minimum Gasteiger partial charge on any atom is -0.489 e. The molecule has 0 aromatic heterocycles. The molecule has 0 saturated heterocycles. The van der Waals surface area contributed by atoms with Crippen molar-refractivity contribution >= 4 is 11.6 Å². The largest absolute Gasteiger partial charge is 0.489 e. The van der Waals surface area contributed by atoms with Crippen molar-refractivity contribution in [2.24, 2.45) is 0 Å². The van der Waals surface area contributed by atoms with Gasteiger partial charge in [0.25, 0.3) is 0 Å². The highest BCUT2D eigenvalue weighted by molar-refractivity contribution is 6.31. The molecule has 3 rings (SSSR count). The normalized spacial score (nSPS) is 17.4. The van der Waals surface area contributed by atoms with Crippen molar-refractivity contribution in [3.63, 3.8) is 0 Å². The van der Waals surface area contributed by atoms with Gasteiger partial charge in [-0.05, 0) is 60.7 Å². The molecule has 0 unspecified atom stereocenters. The highest BCUT2D eigenvalue weighted by Gasteiger charge is 2.18. The highest BCUT2D eigenvalue weighted by atomic mass is 35.5. The predicted molar refractivity (Wildman–Crippen MR) is 80.1 cm³/mol. The maximum absolute atomic E-state index is 13.2. The molecule has 0 bridgehead atoms. The molecule has 1 aliphatic rings. The fraction of sp³-hybridized carbons (Fsp3) is 0.294. The Hall–Kier alpha value is -1.58. The molecule has 1 atom stereocenters. The van der Waals surface area contributed by atoms with Crippen LogP contribution in [-0.2, 0) is 13.0 Å². The summed E-state index contributed by atoms with van der Waals surface area (Å²) in [6.45, 7) is 0.200. The van der Waals surface area contributed by atoms with Crippen LogP contribution in [0.4, 0.5) is 4.39 Å². The standard InChI is InChI=1S/C17H16ClFO2/c18-16-7-5-13(19)8-12(16)10-21-14-6-4-11-2-1-3-17(20)15(11)9-14/h4-9,17,20H,1-3,10H2/t17-/m0/s1. The average molecular weight is 307 g/mol. The van der Waals surface area contributed by atoms with E-state index in [9.17, 15) is 9.50 Å². The van der Waals surface area contributed by atoms with E-state index in [0.717, 1.165) is 24.8 Å². The molecular formula is C17H16ClFO2. The predicted octanol–water partition coefficient (Wildman–Crippen LogP) is 4.43. The van der Waals surface area contributed by atoms with Crippen LogP contribution >= 0.6 is 11.6 Å². The van der Waals surface area contributed by atoms with Gasteiger partial charge < -0.3 is 9.84 Å². The van der Waals surface area contributed by atoms with Crippen LogP contribution in [-0.4, -0.2) is 5.11 Å². The average Bonchev–Trinajstić information content (AvgIpc) is 2.49. The molecule has 2 aromatic rings. The summed E-state index contributed by atoms with van der Waals surface area (Å²) in [6.07, 6.45) is 2.36. The molecular weight excluding hydrogens is 291 g/mol. The summed E-state index contributed by atoms with van der Waals surface area (Å²) in [5.41, 5.74) is 2.71. The fourth-order valence-electron chi connectivity index (χ4n) is 2.66. The van der Waals surface area contributed by atoms with Crippen LogP contribution < -0.4 is 4.74 Å². The number of hydrogen-bond donors (Lipinski definition) is 1. The van der Waals surface area contributed by atoms with Gasteiger partial charge in [-0.3, -0.25) is 0 Å². The zero-order valence-corrected chi connectivity index (χ0v) is 12.2. The number of aliphatic hydroxyl groups is 1. The molecule has 0 aliphatic heterocycles. The Bertz CT molecular complexity index is 657.